The monoisotopic (exact) mass is 380 g/mol. The fraction of sp³-hybridized carbons (Fsp3) is 0.429. The molecule has 1 N–H and O–H groups in total. The maximum atomic E-state index is 12.9. The van der Waals surface area contributed by atoms with Crippen LogP contribution >= 0.6 is 0 Å². The SMILES string of the molecule is COC(=O)c1ccccc1NC(=O)CN1C(=O)[C@@H]2[C@H]3C=C[C@@H]([C@@H]4C[C@H]34)[C@H]2C1=O. The Bertz CT molecular complexity index is 902. The Morgan fingerprint density at radius 3 is 2.29 bits per heavy atom. The number of esters is 1. The molecule has 0 unspecified atom stereocenters. The molecule has 144 valence electrons. The van der Waals surface area contributed by atoms with Crippen LogP contribution in [0.15, 0.2) is 36.4 Å². The van der Waals surface area contributed by atoms with E-state index in [1.807, 2.05) is 0 Å². The highest BCUT2D eigenvalue weighted by molar-refractivity contribution is 6.10. The van der Waals surface area contributed by atoms with E-state index in [1.54, 1.807) is 18.2 Å². The number of amides is 3. The first-order valence-electron chi connectivity index (χ1n) is 9.52. The molecule has 0 radical (unpaired) electrons. The summed E-state index contributed by atoms with van der Waals surface area (Å²) in [4.78, 5) is 51.4. The zero-order chi connectivity index (χ0) is 19.6. The lowest BCUT2D eigenvalue weighted by Gasteiger charge is -2.37. The van der Waals surface area contributed by atoms with Crippen LogP contribution in [0.3, 0.4) is 0 Å². The van der Waals surface area contributed by atoms with Gasteiger partial charge < -0.3 is 10.1 Å². The van der Waals surface area contributed by atoms with Crippen LogP contribution in [0.25, 0.3) is 0 Å². The minimum absolute atomic E-state index is 0.129. The van der Waals surface area contributed by atoms with Gasteiger partial charge in [-0.25, -0.2) is 4.79 Å². The Hall–Kier alpha value is -2.96. The minimum atomic E-state index is -0.572. The third kappa shape index (κ3) is 2.35. The molecule has 1 saturated heterocycles. The second kappa shape index (κ2) is 6.02. The molecular formula is C21H20N2O5. The van der Waals surface area contributed by atoms with Crippen molar-refractivity contribution >= 4 is 29.4 Å². The first kappa shape index (κ1) is 17.2. The van der Waals surface area contributed by atoms with Gasteiger partial charge in [-0.05, 0) is 42.2 Å². The lowest BCUT2D eigenvalue weighted by molar-refractivity contribution is -0.142. The molecule has 2 saturated carbocycles. The van der Waals surface area contributed by atoms with E-state index in [4.69, 9.17) is 4.74 Å². The number of likely N-dealkylation sites (tertiary alicyclic amines) is 1. The molecule has 1 aliphatic heterocycles. The van der Waals surface area contributed by atoms with E-state index in [-0.39, 0.29) is 47.6 Å². The molecule has 4 aliphatic carbocycles. The Labute approximate surface area is 161 Å². The van der Waals surface area contributed by atoms with E-state index < -0.39 is 11.9 Å². The fourth-order valence-corrected chi connectivity index (χ4v) is 5.39. The van der Waals surface area contributed by atoms with Crippen molar-refractivity contribution in [2.24, 2.45) is 35.5 Å². The number of hydrogen-bond donors (Lipinski definition) is 1. The van der Waals surface area contributed by atoms with Crippen molar-refractivity contribution in [1.29, 1.82) is 0 Å². The molecule has 5 aliphatic rings. The van der Waals surface area contributed by atoms with Gasteiger partial charge in [0.2, 0.25) is 17.7 Å². The molecule has 1 aromatic carbocycles. The van der Waals surface area contributed by atoms with E-state index in [2.05, 4.69) is 17.5 Å². The van der Waals surface area contributed by atoms with Gasteiger partial charge in [0.05, 0.1) is 30.2 Å². The van der Waals surface area contributed by atoms with Crippen LogP contribution in [0, 0.1) is 35.5 Å². The third-order valence-electron chi connectivity index (χ3n) is 6.66. The van der Waals surface area contributed by atoms with Crippen molar-refractivity contribution in [2.45, 2.75) is 6.42 Å². The van der Waals surface area contributed by atoms with Crippen molar-refractivity contribution < 1.29 is 23.9 Å². The number of carbonyl (C=O) groups is 4. The normalized spacial score (nSPS) is 34.1. The number of benzene rings is 1. The number of anilines is 1. The molecular weight excluding hydrogens is 360 g/mol. The highest BCUT2D eigenvalue weighted by Gasteiger charge is 2.67. The summed E-state index contributed by atoms with van der Waals surface area (Å²) in [5.41, 5.74) is 0.507. The summed E-state index contributed by atoms with van der Waals surface area (Å²) >= 11 is 0. The van der Waals surface area contributed by atoms with Crippen LogP contribution in [0.1, 0.15) is 16.8 Å². The van der Waals surface area contributed by atoms with Gasteiger partial charge >= 0.3 is 5.97 Å². The Balaban J connectivity index is 1.33. The molecule has 2 bridgehead atoms. The smallest absolute Gasteiger partial charge is 0.339 e. The van der Waals surface area contributed by atoms with Crippen molar-refractivity contribution in [2.75, 3.05) is 19.0 Å². The molecule has 0 spiro atoms. The Morgan fingerprint density at radius 2 is 1.68 bits per heavy atom. The highest BCUT2D eigenvalue weighted by Crippen LogP contribution is 2.65. The molecule has 7 nitrogen and oxygen atoms in total. The average Bonchev–Trinajstić information content (AvgIpc) is 3.49. The summed E-state index contributed by atoms with van der Waals surface area (Å²) in [6.45, 7) is -0.338. The van der Waals surface area contributed by atoms with Gasteiger partial charge in [0.15, 0.2) is 0 Å². The number of hydrogen-bond acceptors (Lipinski definition) is 5. The van der Waals surface area contributed by atoms with Gasteiger partial charge in [-0.2, -0.15) is 0 Å². The molecule has 6 rings (SSSR count). The van der Waals surface area contributed by atoms with Gasteiger partial charge in [0.25, 0.3) is 0 Å². The summed E-state index contributed by atoms with van der Waals surface area (Å²) in [6, 6.07) is 6.46. The number of imide groups is 1. The number of nitrogens with zero attached hydrogens (tertiary/aromatic N) is 1. The first-order chi connectivity index (χ1) is 13.5. The number of carbonyl (C=O) groups excluding carboxylic acids is 4. The number of ether oxygens (including phenoxy) is 1. The second-order valence-electron chi connectivity index (χ2n) is 8.00. The standard InChI is InChI=1S/C21H20N2O5/c1-28-21(27)12-4-2-3-5-15(12)22-16(24)9-23-19(25)17-10-6-7-11(14-8-13(10)14)18(17)20(23)26/h2-7,10-11,13-14,17-18H,8-9H2,1H3,(H,22,24)/t10-,11-,13-,14+,17+,18+/m0/s1. The molecule has 0 aromatic heterocycles. The summed E-state index contributed by atoms with van der Waals surface area (Å²) < 4.78 is 4.72. The fourth-order valence-electron chi connectivity index (χ4n) is 5.39. The van der Waals surface area contributed by atoms with Crippen LogP contribution in [-0.4, -0.2) is 42.2 Å². The molecule has 7 heteroatoms. The quantitative estimate of drug-likeness (QED) is 0.485. The first-order valence-corrected chi connectivity index (χ1v) is 9.52. The van der Waals surface area contributed by atoms with Crippen LogP contribution in [0.5, 0.6) is 0 Å². The maximum absolute atomic E-state index is 12.9. The van der Waals surface area contributed by atoms with Gasteiger partial charge in [-0.1, -0.05) is 24.3 Å². The number of methoxy groups -OCH3 is 1. The van der Waals surface area contributed by atoms with Gasteiger partial charge in [0, 0.05) is 0 Å². The lowest BCUT2D eigenvalue weighted by atomic mass is 9.63. The van der Waals surface area contributed by atoms with Crippen LogP contribution in [0.4, 0.5) is 5.69 Å². The number of rotatable bonds is 4. The van der Waals surface area contributed by atoms with Crippen molar-refractivity contribution in [3.05, 3.63) is 42.0 Å². The Kier molecular flexibility index (Phi) is 3.69. The van der Waals surface area contributed by atoms with E-state index >= 15 is 0 Å². The summed E-state index contributed by atoms with van der Waals surface area (Å²) in [7, 11) is 1.26. The zero-order valence-electron chi connectivity index (χ0n) is 15.3. The van der Waals surface area contributed by atoms with Crippen LogP contribution < -0.4 is 5.32 Å². The largest absolute Gasteiger partial charge is 0.465 e. The third-order valence-corrected chi connectivity index (χ3v) is 6.66. The van der Waals surface area contributed by atoms with E-state index in [0.717, 1.165) is 11.3 Å². The molecule has 3 fully saturated rings. The molecule has 28 heavy (non-hydrogen) atoms. The van der Waals surface area contributed by atoms with Gasteiger partial charge in [0.1, 0.15) is 6.54 Å². The highest BCUT2D eigenvalue weighted by atomic mass is 16.5. The predicted octanol–water partition coefficient (Wildman–Crippen LogP) is 1.46. The number of allylic oxidation sites excluding steroid dienone is 2. The number of para-hydroxylation sites is 1. The van der Waals surface area contributed by atoms with E-state index in [9.17, 15) is 19.2 Å². The minimum Gasteiger partial charge on any atom is -0.465 e. The van der Waals surface area contributed by atoms with Crippen LogP contribution in [0.2, 0.25) is 0 Å². The molecule has 1 heterocycles. The predicted molar refractivity (Wildman–Crippen MR) is 97.8 cm³/mol. The summed E-state index contributed by atoms with van der Waals surface area (Å²) in [6.07, 6.45) is 5.30. The Morgan fingerprint density at radius 1 is 1.07 bits per heavy atom. The molecule has 6 atom stereocenters. The van der Waals surface area contributed by atoms with E-state index in [0.29, 0.717) is 17.5 Å². The van der Waals surface area contributed by atoms with Crippen LogP contribution in [-0.2, 0) is 19.1 Å². The van der Waals surface area contributed by atoms with Crippen molar-refractivity contribution in [3.8, 4) is 0 Å². The molecule has 1 aromatic rings. The molecule has 3 amide bonds. The van der Waals surface area contributed by atoms with Crippen molar-refractivity contribution in [3.63, 3.8) is 0 Å². The zero-order valence-corrected chi connectivity index (χ0v) is 15.3. The van der Waals surface area contributed by atoms with E-state index in [1.165, 1.54) is 13.2 Å². The van der Waals surface area contributed by atoms with Gasteiger partial charge in [-0.15, -0.1) is 0 Å². The summed E-state index contributed by atoms with van der Waals surface area (Å²) in [5, 5.41) is 2.63. The average molecular weight is 380 g/mol. The lowest BCUT2D eigenvalue weighted by Crippen LogP contribution is -2.40. The number of nitrogens with one attached hydrogen (secondary N) is 1. The van der Waals surface area contributed by atoms with Crippen molar-refractivity contribution in [1.82, 2.24) is 4.90 Å². The van der Waals surface area contributed by atoms with Gasteiger partial charge in [-0.3, -0.25) is 19.3 Å². The second-order valence-corrected chi connectivity index (χ2v) is 8.00. The maximum Gasteiger partial charge on any atom is 0.339 e. The summed E-state index contributed by atoms with van der Waals surface area (Å²) in [5.74, 6) is -0.897. The topological polar surface area (TPSA) is 92.8 Å².